The van der Waals surface area contributed by atoms with E-state index in [9.17, 15) is 4.79 Å². The number of anilines is 2. The van der Waals surface area contributed by atoms with Gasteiger partial charge in [0.25, 0.3) is 0 Å². The minimum Gasteiger partial charge on any atom is -0.439 e. The molecule has 1 N–H and O–H groups in total. The number of benzene rings is 2. The molecule has 2 aromatic heterocycles. The lowest BCUT2D eigenvalue weighted by Crippen LogP contribution is -2.01. The van der Waals surface area contributed by atoms with Gasteiger partial charge >= 0.3 is 5.63 Å². The molecular formula is C25H25NO3. The molecule has 0 spiro atoms. The van der Waals surface area contributed by atoms with E-state index in [1.165, 1.54) is 11.1 Å². The van der Waals surface area contributed by atoms with Crippen molar-refractivity contribution in [1.82, 2.24) is 0 Å². The highest BCUT2D eigenvalue weighted by atomic mass is 16.4. The third kappa shape index (κ3) is 3.58. The smallest absolute Gasteiger partial charge is 0.347 e. The molecule has 4 nitrogen and oxygen atoms in total. The van der Waals surface area contributed by atoms with Gasteiger partial charge in [-0.05, 0) is 49.4 Å². The van der Waals surface area contributed by atoms with E-state index in [-0.39, 0.29) is 5.63 Å². The minimum absolute atomic E-state index is 0.389. The first-order valence-electron chi connectivity index (χ1n) is 9.85. The summed E-state index contributed by atoms with van der Waals surface area (Å²) in [6, 6.07) is 16.2. The lowest BCUT2D eigenvalue weighted by molar-refractivity contribution is 0.485. The van der Waals surface area contributed by atoms with E-state index in [0.29, 0.717) is 28.5 Å². The molecule has 0 radical (unpaired) electrons. The van der Waals surface area contributed by atoms with Gasteiger partial charge in [0.15, 0.2) is 0 Å². The molecule has 2 heterocycles. The van der Waals surface area contributed by atoms with Gasteiger partial charge in [-0.2, -0.15) is 0 Å². The highest BCUT2D eigenvalue weighted by molar-refractivity contribution is 6.00. The highest BCUT2D eigenvalue weighted by Gasteiger charge is 2.21. The van der Waals surface area contributed by atoms with Crippen molar-refractivity contribution in [3.8, 4) is 11.1 Å². The van der Waals surface area contributed by atoms with E-state index in [1.807, 2.05) is 31.2 Å². The Morgan fingerprint density at radius 3 is 2.28 bits per heavy atom. The van der Waals surface area contributed by atoms with Gasteiger partial charge in [0, 0.05) is 11.8 Å². The molecule has 29 heavy (non-hydrogen) atoms. The molecule has 0 bridgehead atoms. The van der Waals surface area contributed by atoms with Crippen molar-refractivity contribution in [3.05, 3.63) is 81.4 Å². The van der Waals surface area contributed by atoms with Crippen LogP contribution < -0.4 is 10.9 Å². The van der Waals surface area contributed by atoms with Gasteiger partial charge in [-0.15, -0.1) is 0 Å². The fraction of sp³-hybridized carbons (Fsp3) is 0.240. The van der Waals surface area contributed by atoms with Crippen molar-refractivity contribution in [2.45, 2.75) is 40.5 Å². The number of rotatable bonds is 4. The molecule has 0 saturated heterocycles. The van der Waals surface area contributed by atoms with Crippen LogP contribution in [0.4, 0.5) is 11.6 Å². The largest absolute Gasteiger partial charge is 0.439 e. The molecule has 2 aromatic carbocycles. The van der Waals surface area contributed by atoms with Gasteiger partial charge < -0.3 is 14.2 Å². The Bertz CT molecular complexity index is 1240. The Hall–Kier alpha value is -3.27. The predicted molar refractivity (Wildman–Crippen MR) is 118 cm³/mol. The Balaban J connectivity index is 1.92. The summed E-state index contributed by atoms with van der Waals surface area (Å²) in [7, 11) is 0. The Morgan fingerprint density at radius 1 is 0.897 bits per heavy atom. The maximum Gasteiger partial charge on any atom is 0.347 e. The van der Waals surface area contributed by atoms with E-state index in [2.05, 4.69) is 44.3 Å². The molecule has 4 aromatic rings. The van der Waals surface area contributed by atoms with E-state index in [4.69, 9.17) is 8.83 Å². The number of fused-ring (bicyclic) bond motifs is 1. The average Bonchev–Trinajstić information content (AvgIpc) is 3.02. The molecule has 0 amide bonds. The molecular weight excluding hydrogens is 362 g/mol. The molecule has 0 aliphatic carbocycles. The second kappa shape index (κ2) is 7.28. The molecule has 0 fully saturated rings. The number of furan rings is 1. The van der Waals surface area contributed by atoms with Crippen molar-refractivity contribution in [3.63, 3.8) is 0 Å². The normalized spacial score (nSPS) is 11.4. The molecule has 4 rings (SSSR count). The SMILES string of the molecule is Cc1ccc(Nc2oc3cc(C)oc(=O)c3c2-c2ccc(C(C)C)cc2)c(C)c1. The molecule has 0 atom stereocenters. The molecule has 148 valence electrons. The van der Waals surface area contributed by atoms with Crippen molar-refractivity contribution >= 4 is 22.5 Å². The van der Waals surface area contributed by atoms with Crippen LogP contribution in [0.25, 0.3) is 22.1 Å². The fourth-order valence-corrected chi connectivity index (χ4v) is 3.64. The minimum atomic E-state index is -0.389. The summed E-state index contributed by atoms with van der Waals surface area (Å²) in [6.07, 6.45) is 0. The van der Waals surface area contributed by atoms with E-state index < -0.39 is 0 Å². The van der Waals surface area contributed by atoms with Crippen molar-refractivity contribution in [1.29, 1.82) is 0 Å². The quantitative estimate of drug-likeness (QED) is 0.416. The van der Waals surface area contributed by atoms with Crippen LogP contribution in [0.2, 0.25) is 0 Å². The second-order valence-electron chi connectivity index (χ2n) is 7.91. The van der Waals surface area contributed by atoms with Crippen LogP contribution in [0, 0.1) is 20.8 Å². The summed E-state index contributed by atoms with van der Waals surface area (Å²) < 4.78 is 11.5. The zero-order chi connectivity index (χ0) is 20.7. The van der Waals surface area contributed by atoms with Gasteiger partial charge in [-0.25, -0.2) is 4.79 Å². The zero-order valence-electron chi connectivity index (χ0n) is 17.4. The topological polar surface area (TPSA) is 55.4 Å². The van der Waals surface area contributed by atoms with Gasteiger partial charge in [-0.1, -0.05) is 55.8 Å². The van der Waals surface area contributed by atoms with Crippen LogP contribution in [0.1, 0.15) is 42.2 Å². The van der Waals surface area contributed by atoms with E-state index in [1.54, 1.807) is 13.0 Å². The summed E-state index contributed by atoms with van der Waals surface area (Å²) in [5.74, 6) is 1.50. The summed E-state index contributed by atoms with van der Waals surface area (Å²) in [6.45, 7) is 10.2. The first kappa shape index (κ1) is 19.1. The third-order valence-electron chi connectivity index (χ3n) is 5.22. The van der Waals surface area contributed by atoms with Crippen LogP contribution in [-0.4, -0.2) is 0 Å². The Kier molecular flexibility index (Phi) is 4.79. The summed E-state index contributed by atoms with van der Waals surface area (Å²) in [5.41, 5.74) is 6.26. The average molecular weight is 387 g/mol. The highest BCUT2D eigenvalue weighted by Crippen LogP contribution is 2.39. The molecule has 0 saturated carbocycles. The van der Waals surface area contributed by atoms with Crippen molar-refractivity contribution in [2.75, 3.05) is 5.32 Å². The second-order valence-corrected chi connectivity index (χ2v) is 7.91. The molecule has 4 heteroatoms. The van der Waals surface area contributed by atoms with Crippen LogP contribution in [-0.2, 0) is 0 Å². The van der Waals surface area contributed by atoms with Crippen LogP contribution in [0.15, 0.2) is 62.2 Å². The molecule has 0 unspecified atom stereocenters. The number of hydrogen-bond acceptors (Lipinski definition) is 4. The summed E-state index contributed by atoms with van der Waals surface area (Å²) in [5, 5.41) is 3.85. The maximum atomic E-state index is 12.7. The number of nitrogens with one attached hydrogen (secondary N) is 1. The van der Waals surface area contributed by atoms with Crippen molar-refractivity contribution in [2.24, 2.45) is 0 Å². The lowest BCUT2D eigenvalue weighted by Gasteiger charge is -2.11. The predicted octanol–water partition coefficient (Wildman–Crippen LogP) is 6.85. The Labute approximate surface area is 170 Å². The van der Waals surface area contributed by atoms with Crippen LogP contribution >= 0.6 is 0 Å². The first-order valence-corrected chi connectivity index (χ1v) is 9.85. The molecule has 0 aliphatic heterocycles. The van der Waals surface area contributed by atoms with Gasteiger partial charge in [0.05, 0.1) is 5.56 Å². The van der Waals surface area contributed by atoms with Crippen LogP contribution in [0.3, 0.4) is 0 Å². The standard InChI is InChI=1S/C25H25NO3/c1-14(2)18-7-9-19(10-8-18)22-23-21(13-17(5)28-25(23)27)29-24(22)26-20-11-6-15(3)12-16(20)4/h6-14,26H,1-5H3. The zero-order valence-corrected chi connectivity index (χ0v) is 17.4. The monoisotopic (exact) mass is 387 g/mol. The summed E-state index contributed by atoms with van der Waals surface area (Å²) >= 11 is 0. The lowest BCUT2D eigenvalue weighted by atomic mass is 9.98. The maximum absolute atomic E-state index is 12.7. The number of hydrogen-bond donors (Lipinski definition) is 1. The van der Waals surface area contributed by atoms with Crippen molar-refractivity contribution < 1.29 is 8.83 Å². The third-order valence-corrected chi connectivity index (χ3v) is 5.22. The molecule has 0 aliphatic rings. The summed E-state index contributed by atoms with van der Waals surface area (Å²) in [4.78, 5) is 12.7. The van der Waals surface area contributed by atoms with Gasteiger partial charge in [0.1, 0.15) is 16.7 Å². The van der Waals surface area contributed by atoms with E-state index in [0.717, 1.165) is 22.4 Å². The number of aryl methyl sites for hydroxylation is 3. The van der Waals surface area contributed by atoms with Gasteiger partial charge in [0.2, 0.25) is 5.88 Å². The first-order chi connectivity index (χ1) is 13.8. The van der Waals surface area contributed by atoms with E-state index >= 15 is 0 Å². The Morgan fingerprint density at radius 2 is 1.62 bits per heavy atom. The van der Waals surface area contributed by atoms with Crippen LogP contribution in [0.5, 0.6) is 0 Å². The fourth-order valence-electron chi connectivity index (χ4n) is 3.64. The van der Waals surface area contributed by atoms with Gasteiger partial charge in [-0.3, -0.25) is 0 Å².